The van der Waals surface area contributed by atoms with Crippen LogP contribution in [0, 0.1) is 0 Å². The van der Waals surface area contributed by atoms with Crippen LogP contribution in [-0.4, -0.2) is 0 Å². The van der Waals surface area contributed by atoms with Crippen molar-refractivity contribution in [2.45, 2.75) is 35.5 Å². The van der Waals surface area contributed by atoms with E-state index in [0.29, 0.717) is 0 Å². The van der Waals surface area contributed by atoms with Crippen molar-refractivity contribution in [2.75, 3.05) is 0 Å². The van der Waals surface area contributed by atoms with E-state index in [4.69, 9.17) is 0 Å². The molecule has 96 valence electrons. The van der Waals surface area contributed by atoms with Crippen LogP contribution in [0.5, 0.6) is 0 Å². The predicted octanol–water partition coefficient (Wildman–Crippen LogP) is 5.33. The maximum absolute atomic E-state index is 2.36. The molecule has 0 radical (unpaired) electrons. The summed E-state index contributed by atoms with van der Waals surface area (Å²) in [7, 11) is 5.84. The van der Waals surface area contributed by atoms with Gasteiger partial charge in [0.05, 0.1) is 0 Å². The van der Waals surface area contributed by atoms with Gasteiger partial charge < -0.3 is 0 Å². The molecule has 0 nitrogen and oxygen atoms in total. The van der Waals surface area contributed by atoms with Gasteiger partial charge in [0.2, 0.25) is 0 Å². The number of rotatable bonds is 0. The van der Waals surface area contributed by atoms with Crippen molar-refractivity contribution < 1.29 is 0 Å². The Bertz CT molecular complexity index is 563. The molecule has 4 bridgehead atoms. The third-order valence-corrected chi connectivity index (χ3v) is 8.06. The highest BCUT2D eigenvalue weighted by Gasteiger charge is 2.21. The molecule has 1 heterocycles. The third kappa shape index (κ3) is 2.32. The Labute approximate surface area is 125 Å². The highest BCUT2D eigenvalue weighted by atomic mass is 33.5. The molecule has 0 fully saturated rings. The molecule has 0 saturated carbocycles. The molecule has 0 aromatic heterocycles. The predicted molar refractivity (Wildman–Crippen MR) is 87.0 cm³/mol. The summed E-state index contributed by atoms with van der Waals surface area (Å²) in [5.41, 5.74) is 5.99. The zero-order chi connectivity index (χ0) is 12.7. The number of aryl methyl sites for hydroxylation is 4. The summed E-state index contributed by atoms with van der Waals surface area (Å²) in [6, 6.07) is 13.9. The van der Waals surface area contributed by atoms with Gasteiger partial charge in [0.15, 0.2) is 0 Å². The van der Waals surface area contributed by atoms with E-state index in [1.165, 1.54) is 22.3 Å². The Morgan fingerprint density at radius 3 is 1.53 bits per heavy atom. The van der Waals surface area contributed by atoms with Gasteiger partial charge in [0, 0.05) is 9.79 Å². The summed E-state index contributed by atoms with van der Waals surface area (Å²) in [5.74, 6) is 0. The van der Waals surface area contributed by atoms with Gasteiger partial charge in [-0.3, -0.25) is 0 Å². The minimum absolute atomic E-state index is 1.15. The Morgan fingerprint density at radius 1 is 0.579 bits per heavy atom. The SMILES string of the molecule is c1cc2ccc1CCc1ccc(c3c1SSS3)CC2. The molecule has 2 aromatic carbocycles. The molecule has 0 N–H and O–H groups in total. The van der Waals surface area contributed by atoms with Gasteiger partial charge in [-0.15, -0.1) is 0 Å². The first-order valence-electron chi connectivity index (χ1n) is 6.64. The fraction of sp³-hybridized carbons (Fsp3) is 0.250. The van der Waals surface area contributed by atoms with Crippen LogP contribution in [0.3, 0.4) is 0 Å². The Hall–Kier alpha value is -0.510. The number of hydrogen-bond donors (Lipinski definition) is 0. The summed E-state index contributed by atoms with van der Waals surface area (Å²) < 4.78 is 0. The molecule has 4 aliphatic carbocycles. The van der Waals surface area contributed by atoms with Gasteiger partial charge in [-0.05, 0) is 79.4 Å². The molecule has 1 aliphatic heterocycles. The van der Waals surface area contributed by atoms with Gasteiger partial charge >= 0.3 is 0 Å². The smallest absolute Gasteiger partial charge is 0.0371 e. The second-order valence-corrected chi connectivity index (χ2v) is 9.01. The first-order chi connectivity index (χ1) is 9.40. The van der Waals surface area contributed by atoms with E-state index in [1.54, 1.807) is 9.79 Å². The fourth-order valence-electron chi connectivity index (χ4n) is 2.74. The van der Waals surface area contributed by atoms with E-state index in [9.17, 15) is 0 Å². The average Bonchev–Trinajstić information content (AvgIpc) is 2.91. The number of hydrogen-bond acceptors (Lipinski definition) is 3. The molecule has 0 unspecified atom stereocenters. The summed E-state index contributed by atoms with van der Waals surface area (Å²) in [4.78, 5) is 3.09. The quantitative estimate of drug-likeness (QED) is 0.604. The molecule has 0 amide bonds. The zero-order valence-corrected chi connectivity index (χ0v) is 13.0. The molecule has 0 atom stereocenters. The summed E-state index contributed by atoms with van der Waals surface area (Å²) >= 11 is 0. The lowest BCUT2D eigenvalue weighted by Crippen LogP contribution is -2.00. The van der Waals surface area contributed by atoms with Gasteiger partial charge in [0.1, 0.15) is 0 Å². The molecule has 0 saturated heterocycles. The van der Waals surface area contributed by atoms with Gasteiger partial charge in [-0.1, -0.05) is 36.4 Å². The van der Waals surface area contributed by atoms with Gasteiger partial charge in [0.25, 0.3) is 0 Å². The molecule has 0 spiro atoms. The lowest BCUT2D eigenvalue weighted by molar-refractivity contribution is 0.869. The van der Waals surface area contributed by atoms with Crippen LogP contribution in [0.25, 0.3) is 0 Å². The Balaban J connectivity index is 1.81. The average molecular weight is 302 g/mol. The monoisotopic (exact) mass is 302 g/mol. The van der Waals surface area contributed by atoms with Crippen molar-refractivity contribution in [3.8, 4) is 0 Å². The van der Waals surface area contributed by atoms with E-state index >= 15 is 0 Å². The molecule has 5 aliphatic rings. The Kier molecular flexibility index (Phi) is 3.30. The topological polar surface area (TPSA) is 0 Å². The summed E-state index contributed by atoms with van der Waals surface area (Å²) in [6.07, 6.45) is 4.64. The minimum Gasteiger partial charge on any atom is -0.0588 e. The molecular formula is C16H14S3. The highest BCUT2D eigenvalue weighted by Crippen LogP contribution is 2.58. The van der Waals surface area contributed by atoms with Crippen LogP contribution < -0.4 is 0 Å². The van der Waals surface area contributed by atoms with Gasteiger partial charge in [-0.25, -0.2) is 0 Å². The Morgan fingerprint density at radius 2 is 1.05 bits per heavy atom. The fourth-order valence-corrected chi connectivity index (χ4v) is 7.62. The van der Waals surface area contributed by atoms with Crippen LogP contribution in [-0.2, 0) is 25.7 Å². The molecule has 19 heavy (non-hydrogen) atoms. The van der Waals surface area contributed by atoms with Crippen LogP contribution >= 0.6 is 31.4 Å². The largest absolute Gasteiger partial charge is 0.0588 e. The van der Waals surface area contributed by atoms with Crippen molar-refractivity contribution in [3.05, 3.63) is 58.7 Å². The molecular weight excluding hydrogens is 288 g/mol. The van der Waals surface area contributed by atoms with Crippen molar-refractivity contribution >= 4 is 31.4 Å². The first-order valence-corrected chi connectivity index (χ1v) is 10.1. The number of benzene rings is 2. The molecule has 2 aromatic rings. The van der Waals surface area contributed by atoms with Crippen LogP contribution in [0.2, 0.25) is 0 Å². The maximum Gasteiger partial charge on any atom is 0.0371 e. The second-order valence-electron chi connectivity index (χ2n) is 5.09. The first kappa shape index (κ1) is 12.2. The zero-order valence-electron chi connectivity index (χ0n) is 10.5. The minimum atomic E-state index is 1.15. The molecule has 7 rings (SSSR count). The van der Waals surface area contributed by atoms with Crippen molar-refractivity contribution in [3.63, 3.8) is 0 Å². The van der Waals surface area contributed by atoms with E-state index in [0.717, 1.165) is 25.7 Å². The molecule has 3 heteroatoms. The van der Waals surface area contributed by atoms with E-state index in [1.807, 2.05) is 31.4 Å². The van der Waals surface area contributed by atoms with Gasteiger partial charge in [-0.2, -0.15) is 0 Å². The van der Waals surface area contributed by atoms with Crippen molar-refractivity contribution in [2.24, 2.45) is 0 Å². The summed E-state index contributed by atoms with van der Waals surface area (Å²) in [5, 5.41) is 0. The third-order valence-electron chi connectivity index (χ3n) is 3.90. The van der Waals surface area contributed by atoms with Crippen LogP contribution in [0.1, 0.15) is 22.3 Å². The maximum atomic E-state index is 2.36. The standard InChI is InChI=1S/C16H14S3/c1-2-12-4-3-11(1)5-7-13-9-10-14(8-6-12)16-15(13)17-19-18-16/h1-4,9-10H,5-8H2. The van der Waals surface area contributed by atoms with Crippen LogP contribution in [0.15, 0.2) is 46.2 Å². The van der Waals surface area contributed by atoms with Crippen molar-refractivity contribution in [1.82, 2.24) is 0 Å². The lowest BCUT2D eigenvalue weighted by Gasteiger charge is -2.13. The highest BCUT2D eigenvalue weighted by molar-refractivity contribution is 9.10. The van der Waals surface area contributed by atoms with E-state index in [-0.39, 0.29) is 0 Å². The van der Waals surface area contributed by atoms with Crippen LogP contribution in [0.4, 0.5) is 0 Å². The van der Waals surface area contributed by atoms with E-state index < -0.39 is 0 Å². The van der Waals surface area contributed by atoms with Crippen molar-refractivity contribution in [1.29, 1.82) is 0 Å². The summed E-state index contributed by atoms with van der Waals surface area (Å²) in [6.45, 7) is 0. The normalized spacial score (nSPS) is 17.1. The lowest BCUT2D eigenvalue weighted by atomic mass is 9.96. The van der Waals surface area contributed by atoms with E-state index in [2.05, 4.69) is 36.4 Å². The second kappa shape index (κ2) is 5.12.